The van der Waals surface area contributed by atoms with Gasteiger partial charge in [-0.25, -0.2) is 0 Å². The van der Waals surface area contributed by atoms with Crippen LogP contribution in [0.3, 0.4) is 0 Å². The Morgan fingerprint density at radius 2 is 1.75 bits per heavy atom. The monoisotopic (exact) mass is 223 g/mol. The molecule has 2 nitrogen and oxygen atoms in total. The molecule has 0 saturated heterocycles. The maximum Gasteiger partial charge on any atom is 0.120 e. The molecule has 1 heterocycles. The van der Waals surface area contributed by atoms with Gasteiger partial charge in [0.1, 0.15) is 5.76 Å². The highest BCUT2D eigenvalue weighted by atomic mass is 16.3. The zero-order chi connectivity index (χ0) is 12.1. The highest BCUT2D eigenvalue weighted by molar-refractivity contribution is 5.02. The van der Waals surface area contributed by atoms with Gasteiger partial charge in [-0.05, 0) is 43.4 Å². The lowest BCUT2D eigenvalue weighted by molar-refractivity contribution is 0.262. The second-order valence-electron chi connectivity index (χ2n) is 5.30. The van der Waals surface area contributed by atoms with E-state index < -0.39 is 0 Å². The molecule has 1 N–H and O–H groups in total. The van der Waals surface area contributed by atoms with Crippen molar-refractivity contribution in [2.45, 2.75) is 40.7 Å². The molecule has 0 amide bonds. The van der Waals surface area contributed by atoms with E-state index in [0.29, 0.717) is 6.04 Å². The Labute approximate surface area is 99.4 Å². The lowest BCUT2D eigenvalue weighted by Gasteiger charge is -2.26. The van der Waals surface area contributed by atoms with Crippen LogP contribution in [0.5, 0.6) is 0 Å². The van der Waals surface area contributed by atoms with Crippen molar-refractivity contribution in [2.24, 2.45) is 17.8 Å². The lowest BCUT2D eigenvalue weighted by Crippen LogP contribution is -2.31. The summed E-state index contributed by atoms with van der Waals surface area (Å²) in [6.45, 7) is 12.4. The van der Waals surface area contributed by atoms with Gasteiger partial charge < -0.3 is 9.73 Å². The van der Waals surface area contributed by atoms with Crippen LogP contribution in [0.1, 0.15) is 46.4 Å². The Balaban J connectivity index is 2.43. The molecule has 0 bridgehead atoms. The van der Waals surface area contributed by atoms with E-state index in [4.69, 9.17) is 4.42 Å². The topological polar surface area (TPSA) is 25.2 Å². The number of rotatable bonds is 6. The average molecular weight is 223 g/mol. The molecule has 0 fully saturated rings. The van der Waals surface area contributed by atoms with Crippen molar-refractivity contribution in [1.82, 2.24) is 5.32 Å². The summed E-state index contributed by atoms with van der Waals surface area (Å²) in [5, 5.41) is 3.55. The zero-order valence-electron chi connectivity index (χ0n) is 11.2. The summed E-state index contributed by atoms with van der Waals surface area (Å²) in [4.78, 5) is 0. The maximum atomic E-state index is 5.39. The molecular weight excluding hydrogens is 198 g/mol. The summed E-state index contributed by atoms with van der Waals surface area (Å²) >= 11 is 0. The smallest absolute Gasteiger partial charge is 0.120 e. The minimum absolute atomic E-state index is 0.301. The zero-order valence-corrected chi connectivity index (χ0v) is 11.2. The van der Waals surface area contributed by atoms with Crippen LogP contribution in [-0.4, -0.2) is 6.54 Å². The molecule has 0 radical (unpaired) electrons. The highest BCUT2D eigenvalue weighted by Crippen LogP contribution is 2.21. The number of hydrogen-bond donors (Lipinski definition) is 1. The molecule has 1 rings (SSSR count). The molecule has 2 heteroatoms. The van der Waals surface area contributed by atoms with Crippen LogP contribution in [0.2, 0.25) is 0 Å². The summed E-state index contributed by atoms with van der Waals surface area (Å²) in [7, 11) is 0. The van der Waals surface area contributed by atoms with Crippen LogP contribution in [0.25, 0.3) is 0 Å². The van der Waals surface area contributed by atoms with E-state index in [1.807, 2.05) is 12.1 Å². The molecule has 92 valence electrons. The Morgan fingerprint density at radius 3 is 2.19 bits per heavy atom. The van der Waals surface area contributed by atoms with Crippen LogP contribution < -0.4 is 5.32 Å². The van der Waals surface area contributed by atoms with Crippen LogP contribution in [0.4, 0.5) is 0 Å². The molecule has 16 heavy (non-hydrogen) atoms. The van der Waals surface area contributed by atoms with E-state index >= 15 is 0 Å². The van der Waals surface area contributed by atoms with E-state index in [1.165, 1.54) is 0 Å². The van der Waals surface area contributed by atoms with Crippen LogP contribution in [0, 0.1) is 17.8 Å². The van der Waals surface area contributed by atoms with E-state index in [0.717, 1.165) is 30.1 Å². The van der Waals surface area contributed by atoms with Crippen molar-refractivity contribution in [3.63, 3.8) is 0 Å². The molecule has 1 aromatic heterocycles. The second kappa shape index (κ2) is 6.09. The van der Waals surface area contributed by atoms with Gasteiger partial charge in [0.25, 0.3) is 0 Å². The first-order valence-electron chi connectivity index (χ1n) is 6.29. The fourth-order valence-electron chi connectivity index (χ4n) is 2.19. The van der Waals surface area contributed by atoms with Gasteiger partial charge >= 0.3 is 0 Å². The first kappa shape index (κ1) is 13.3. The fraction of sp³-hybridized carbons (Fsp3) is 0.714. The molecule has 0 aliphatic carbocycles. The number of nitrogens with one attached hydrogen (secondary N) is 1. The SMILES string of the molecule is CC(NCC(C(C)C)C(C)C)c1ccco1. The Hall–Kier alpha value is -0.760. The average Bonchev–Trinajstić information content (AvgIpc) is 2.69. The van der Waals surface area contributed by atoms with Crippen LogP contribution in [0.15, 0.2) is 22.8 Å². The lowest BCUT2D eigenvalue weighted by atomic mass is 9.85. The molecule has 0 aromatic carbocycles. The van der Waals surface area contributed by atoms with Gasteiger partial charge in [0.15, 0.2) is 0 Å². The summed E-state index contributed by atoms with van der Waals surface area (Å²) in [6.07, 6.45) is 1.73. The van der Waals surface area contributed by atoms with Gasteiger partial charge in [0.2, 0.25) is 0 Å². The maximum absolute atomic E-state index is 5.39. The summed E-state index contributed by atoms with van der Waals surface area (Å²) < 4.78 is 5.39. The Bertz CT molecular complexity index is 269. The first-order chi connectivity index (χ1) is 7.52. The second-order valence-corrected chi connectivity index (χ2v) is 5.30. The predicted molar refractivity (Wildman–Crippen MR) is 68.3 cm³/mol. The Morgan fingerprint density at radius 1 is 1.12 bits per heavy atom. The summed E-state index contributed by atoms with van der Waals surface area (Å²) in [6, 6.07) is 4.27. The van der Waals surface area contributed by atoms with Crippen molar-refractivity contribution in [3.8, 4) is 0 Å². The molecular formula is C14H25NO. The molecule has 0 aliphatic rings. The third kappa shape index (κ3) is 3.67. The van der Waals surface area contributed by atoms with Crippen molar-refractivity contribution in [1.29, 1.82) is 0 Å². The predicted octanol–water partition coefficient (Wildman–Crippen LogP) is 3.86. The molecule has 1 atom stereocenters. The quantitative estimate of drug-likeness (QED) is 0.792. The molecule has 1 aromatic rings. The van der Waals surface area contributed by atoms with Gasteiger partial charge in [-0.3, -0.25) is 0 Å². The first-order valence-corrected chi connectivity index (χ1v) is 6.29. The number of hydrogen-bond acceptors (Lipinski definition) is 2. The number of furan rings is 1. The van der Waals surface area contributed by atoms with E-state index in [1.54, 1.807) is 6.26 Å². The highest BCUT2D eigenvalue weighted by Gasteiger charge is 2.18. The standard InChI is InChI=1S/C14H25NO/c1-10(2)13(11(3)4)9-15-12(5)14-7-6-8-16-14/h6-8,10-13,15H,9H2,1-5H3. The molecule has 0 aliphatic heterocycles. The van der Waals surface area contributed by atoms with Gasteiger partial charge in [0.05, 0.1) is 12.3 Å². The van der Waals surface area contributed by atoms with Crippen molar-refractivity contribution < 1.29 is 4.42 Å². The van der Waals surface area contributed by atoms with E-state index in [9.17, 15) is 0 Å². The summed E-state index contributed by atoms with van der Waals surface area (Å²) in [5.74, 6) is 3.18. The van der Waals surface area contributed by atoms with Gasteiger partial charge in [-0.15, -0.1) is 0 Å². The van der Waals surface area contributed by atoms with Gasteiger partial charge in [-0.1, -0.05) is 27.7 Å². The third-order valence-corrected chi connectivity index (χ3v) is 3.34. The molecule has 0 saturated carbocycles. The minimum Gasteiger partial charge on any atom is -0.468 e. The molecule has 0 spiro atoms. The largest absolute Gasteiger partial charge is 0.468 e. The van der Waals surface area contributed by atoms with Gasteiger partial charge in [-0.2, -0.15) is 0 Å². The van der Waals surface area contributed by atoms with Crippen LogP contribution >= 0.6 is 0 Å². The van der Waals surface area contributed by atoms with Crippen LogP contribution in [-0.2, 0) is 0 Å². The van der Waals surface area contributed by atoms with E-state index in [2.05, 4.69) is 39.9 Å². The minimum atomic E-state index is 0.301. The van der Waals surface area contributed by atoms with Crippen molar-refractivity contribution in [2.75, 3.05) is 6.54 Å². The van der Waals surface area contributed by atoms with Gasteiger partial charge in [0, 0.05) is 0 Å². The summed E-state index contributed by atoms with van der Waals surface area (Å²) in [5.41, 5.74) is 0. The molecule has 1 unspecified atom stereocenters. The fourth-order valence-corrected chi connectivity index (χ4v) is 2.19. The van der Waals surface area contributed by atoms with Crippen molar-refractivity contribution >= 4 is 0 Å². The van der Waals surface area contributed by atoms with Crippen molar-refractivity contribution in [3.05, 3.63) is 24.2 Å². The van der Waals surface area contributed by atoms with E-state index in [-0.39, 0.29) is 0 Å². The Kier molecular flexibility index (Phi) is 5.07. The normalized spacial score (nSPS) is 14.0. The third-order valence-electron chi connectivity index (χ3n) is 3.34.